The number of nitrogens with zero attached hydrogens (tertiary/aromatic N) is 1. The van der Waals surface area contributed by atoms with Crippen molar-refractivity contribution in [1.82, 2.24) is 4.57 Å². The largest absolute Gasteiger partial charge is 0.493 e. The first-order valence-corrected chi connectivity index (χ1v) is 10.8. The molecule has 0 saturated heterocycles. The number of methoxy groups -OCH3 is 4. The maximum atomic E-state index is 13.7. The van der Waals surface area contributed by atoms with Gasteiger partial charge in [-0.05, 0) is 46.8 Å². The van der Waals surface area contributed by atoms with Crippen LogP contribution in [0, 0.1) is 0 Å². The molecule has 0 spiro atoms. The molecular weight excluding hydrogens is 448 g/mol. The Morgan fingerprint density at radius 1 is 0.857 bits per heavy atom. The number of ether oxygens (including phenoxy) is 4. The summed E-state index contributed by atoms with van der Waals surface area (Å²) in [5, 5.41) is 1.02. The lowest BCUT2D eigenvalue weighted by atomic mass is 9.95. The first-order valence-electron chi connectivity index (χ1n) is 10.8. The summed E-state index contributed by atoms with van der Waals surface area (Å²) in [6.07, 6.45) is 0. The Labute approximate surface area is 202 Å². The van der Waals surface area contributed by atoms with Crippen LogP contribution >= 0.6 is 0 Å². The number of fused-ring (bicyclic) bond motifs is 1. The quantitative estimate of drug-likeness (QED) is 0.405. The van der Waals surface area contributed by atoms with Crippen molar-refractivity contribution in [2.75, 3.05) is 28.4 Å². The number of carbonyl (C=O) groups excluding carboxylic acids is 1. The van der Waals surface area contributed by atoms with Gasteiger partial charge < -0.3 is 24.7 Å². The van der Waals surface area contributed by atoms with Gasteiger partial charge in [-0.15, -0.1) is 0 Å². The van der Waals surface area contributed by atoms with E-state index in [1.54, 1.807) is 42.5 Å². The van der Waals surface area contributed by atoms with E-state index in [2.05, 4.69) is 0 Å². The fourth-order valence-electron chi connectivity index (χ4n) is 4.18. The van der Waals surface area contributed by atoms with Gasteiger partial charge in [0.15, 0.2) is 11.5 Å². The van der Waals surface area contributed by atoms with Crippen LogP contribution in [0.25, 0.3) is 27.6 Å². The maximum Gasteiger partial charge on any atom is 0.355 e. The SMILES string of the molecule is COC(=O)c1c(-c2cc(OC)c(OC)c(OC)c2)c2ccccc2c(=O)n1-c1ccc(CN)cc1. The van der Waals surface area contributed by atoms with Crippen molar-refractivity contribution >= 4 is 16.7 Å². The lowest BCUT2D eigenvalue weighted by Gasteiger charge is -2.20. The highest BCUT2D eigenvalue weighted by Crippen LogP contribution is 2.43. The molecule has 35 heavy (non-hydrogen) atoms. The highest BCUT2D eigenvalue weighted by Gasteiger charge is 2.26. The zero-order valence-corrected chi connectivity index (χ0v) is 20.0. The maximum absolute atomic E-state index is 13.7. The molecule has 180 valence electrons. The van der Waals surface area contributed by atoms with Crippen LogP contribution in [-0.2, 0) is 11.3 Å². The van der Waals surface area contributed by atoms with Gasteiger partial charge in [0, 0.05) is 23.2 Å². The van der Waals surface area contributed by atoms with E-state index in [0.717, 1.165) is 5.56 Å². The summed E-state index contributed by atoms with van der Waals surface area (Å²) in [6.45, 7) is 0.355. The third kappa shape index (κ3) is 4.08. The second kappa shape index (κ2) is 9.90. The highest BCUT2D eigenvalue weighted by molar-refractivity contribution is 6.07. The summed E-state index contributed by atoms with van der Waals surface area (Å²) in [4.78, 5) is 27.0. The van der Waals surface area contributed by atoms with Crippen LogP contribution in [0.15, 0.2) is 65.5 Å². The second-order valence-corrected chi connectivity index (χ2v) is 7.69. The van der Waals surface area contributed by atoms with E-state index in [1.165, 1.54) is 33.0 Å². The van der Waals surface area contributed by atoms with Crippen LogP contribution in [-0.4, -0.2) is 39.0 Å². The molecule has 8 heteroatoms. The van der Waals surface area contributed by atoms with Crippen LogP contribution in [0.1, 0.15) is 16.1 Å². The van der Waals surface area contributed by atoms with Crippen molar-refractivity contribution in [2.24, 2.45) is 5.73 Å². The van der Waals surface area contributed by atoms with Crippen LogP contribution in [0.2, 0.25) is 0 Å². The molecule has 0 aliphatic heterocycles. The molecule has 8 nitrogen and oxygen atoms in total. The Morgan fingerprint density at radius 2 is 1.46 bits per heavy atom. The summed E-state index contributed by atoms with van der Waals surface area (Å²) in [5.74, 6) is 0.562. The van der Waals surface area contributed by atoms with E-state index < -0.39 is 5.97 Å². The zero-order valence-electron chi connectivity index (χ0n) is 20.0. The number of hydrogen-bond acceptors (Lipinski definition) is 7. The number of carbonyl (C=O) groups is 1. The van der Waals surface area contributed by atoms with Gasteiger partial charge >= 0.3 is 5.97 Å². The molecule has 0 atom stereocenters. The van der Waals surface area contributed by atoms with Gasteiger partial charge in [0.25, 0.3) is 5.56 Å². The molecule has 0 bridgehead atoms. The number of esters is 1. The van der Waals surface area contributed by atoms with Crippen molar-refractivity contribution in [3.05, 3.63) is 82.3 Å². The minimum Gasteiger partial charge on any atom is -0.493 e. The van der Waals surface area contributed by atoms with Crippen LogP contribution in [0.5, 0.6) is 17.2 Å². The Morgan fingerprint density at radius 3 is 1.97 bits per heavy atom. The third-order valence-corrected chi connectivity index (χ3v) is 5.85. The summed E-state index contributed by atoms with van der Waals surface area (Å²) in [5.41, 5.74) is 7.95. The molecule has 4 rings (SSSR count). The molecule has 0 saturated carbocycles. The van der Waals surface area contributed by atoms with E-state index in [0.29, 0.717) is 51.4 Å². The Bertz CT molecular complexity index is 1430. The predicted molar refractivity (Wildman–Crippen MR) is 134 cm³/mol. The normalized spacial score (nSPS) is 10.8. The number of hydrogen-bond donors (Lipinski definition) is 1. The molecule has 0 radical (unpaired) electrons. The molecule has 3 aromatic carbocycles. The topological polar surface area (TPSA) is 102 Å². The Kier molecular flexibility index (Phi) is 6.75. The lowest BCUT2D eigenvalue weighted by Crippen LogP contribution is -2.26. The standard InChI is InChI=1S/C27H26N2O6/c1-32-21-13-17(14-22(33-2)25(21)34-3)23-19-7-5-6-8-20(19)26(30)29(24(23)27(31)35-4)18-11-9-16(15-28)10-12-18/h5-14H,15,28H2,1-4H3. The van der Waals surface area contributed by atoms with Crippen LogP contribution < -0.4 is 25.5 Å². The van der Waals surface area contributed by atoms with Crippen molar-refractivity contribution < 1.29 is 23.7 Å². The molecule has 0 amide bonds. The molecule has 2 N–H and O–H groups in total. The Hall–Kier alpha value is -4.30. The molecule has 1 aromatic heterocycles. The lowest BCUT2D eigenvalue weighted by molar-refractivity contribution is 0.0591. The minimum absolute atomic E-state index is 0.0750. The number of rotatable bonds is 7. The van der Waals surface area contributed by atoms with E-state index in [4.69, 9.17) is 24.7 Å². The van der Waals surface area contributed by atoms with Gasteiger partial charge in [-0.1, -0.05) is 30.3 Å². The molecule has 0 unspecified atom stereocenters. The molecule has 0 fully saturated rings. The predicted octanol–water partition coefficient (Wildman–Crippen LogP) is 3.93. The van der Waals surface area contributed by atoms with E-state index in [-0.39, 0.29) is 11.3 Å². The zero-order chi connectivity index (χ0) is 25.1. The average molecular weight is 475 g/mol. The minimum atomic E-state index is -0.667. The fourth-order valence-corrected chi connectivity index (χ4v) is 4.18. The second-order valence-electron chi connectivity index (χ2n) is 7.69. The van der Waals surface area contributed by atoms with Gasteiger partial charge in [0.1, 0.15) is 5.69 Å². The number of pyridine rings is 1. The Balaban J connectivity index is 2.20. The summed E-state index contributed by atoms with van der Waals surface area (Å²) in [6, 6.07) is 17.7. The van der Waals surface area contributed by atoms with Crippen LogP contribution in [0.4, 0.5) is 0 Å². The van der Waals surface area contributed by atoms with Crippen LogP contribution in [0.3, 0.4) is 0 Å². The van der Waals surface area contributed by atoms with Crippen molar-refractivity contribution in [2.45, 2.75) is 6.54 Å². The fraction of sp³-hybridized carbons (Fsp3) is 0.185. The van der Waals surface area contributed by atoms with E-state index in [1.807, 2.05) is 18.2 Å². The average Bonchev–Trinajstić information content (AvgIpc) is 2.91. The van der Waals surface area contributed by atoms with Crippen molar-refractivity contribution in [1.29, 1.82) is 0 Å². The number of aromatic nitrogens is 1. The highest BCUT2D eigenvalue weighted by atomic mass is 16.5. The van der Waals surface area contributed by atoms with Gasteiger partial charge in [-0.25, -0.2) is 4.79 Å². The molecule has 4 aromatic rings. The van der Waals surface area contributed by atoms with E-state index >= 15 is 0 Å². The first-order chi connectivity index (χ1) is 17.0. The molecule has 0 aliphatic rings. The van der Waals surface area contributed by atoms with E-state index in [9.17, 15) is 9.59 Å². The molecule has 1 heterocycles. The number of benzene rings is 3. The monoisotopic (exact) mass is 474 g/mol. The number of nitrogens with two attached hydrogens (primary N) is 1. The summed E-state index contributed by atoms with van der Waals surface area (Å²) < 4.78 is 23.1. The molecular formula is C27H26N2O6. The van der Waals surface area contributed by atoms with Crippen molar-refractivity contribution in [3.8, 4) is 34.1 Å². The van der Waals surface area contributed by atoms with Gasteiger partial charge in [-0.2, -0.15) is 0 Å². The summed E-state index contributed by atoms with van der Waals surface area (Å²) >= 11 is 0. The first kappa shape index (κ1) is 23.8. The third-order valence-electron chi connectivity index (χ3n) is 5.85. The van der Waals surface area contributed by atoms with Gasteiger partial charge in [0.05, 0.1) is 28.4 Å². The summed E-state index contributed by atoms with van der Waals surface area (Å²) in [7, 11) is 5.82. The van der Waals surface area contributed by atoms with Gasteiger partial charge in [0.2, 0.25) is 5.75 Å². The molecule has 0 aliphatic carbocycles. The van der Waals surface area contributed by atoms with Crippen molar-refractivity contribution in [3.63, 3.8) is 0 Å². The smallest absolute Gasteiger partial charge is 0.355 e. The van der Waals surface area contributed by atoms with Gasteiger partial charge in [-0.3, -0.25) is 9.36 Å².